The molecular formula is C15H20S. The van der Waals surface area contributed by atoms with Crippen LogP contribution in [0.2, 0.25) is 0 Å². The molecule has 0 nitrogen and oxygen atoms in total. The number of hydrogen-bond donors (Lipinski definition) is 0. The van der Waals surface area contributed by atoms with Crippen molar-refractivity contribution in [3.8, 4) is 0 Å². The summed E-state index contributed by atoms with van der Waals surface area (Å²) >= 11 is 1.83. The highest BCUT2D eigenvalue weighted by Gasteiger charge is 2.09. The van der Waals surface area contributed by atoms with Crippen molar-refractivity contribution in [1.82, 2.24) is 0 Å². The van der Waals surface area contributed by atoms with Crippen LogP contribution >= 0.6 is 11.8 Å². The molecule has 0 heterocycles. The Labute approximate surface area is 103 Å². The van der Waals surface area contributed by atoms with Gasteiger partial charge in [0.1, 0.15) is 0 Å². The second-order valence-electron chi connectivity index (χ2n) is 3.89. The minimum atomic E-state index is 0.472. The lowest BCUT2D eigenvalue weighted by atomic mass is 9.96. The summed E-state index contributed by atoms with van der Waals surface area (Å²) in [5.41, 5.74) is 2.83. The number of allylic oxidation sites excluding steroid dienone is 4. The van der Waals surface area contributed by atoms with Crippen LogP contribution in [0.4, 0.5) is 0 Å². The smallest absolute Gasteiger partial charge is 0.0110 e. The fourth-order valence-electron chi connectivity index (χ4n) is 1.85. The SMILES string of the molecule is C/C=C\C=C/C(C)c1c(C)cccc1SC. The van der Waals surface area contributed by atoms with Crippen molar-refractivity contribution in [2.24, 2.45) is 0 Å². The van der Waals surface area contributed by atoms with Crippen LogP contribution in [0, 0.1) is 6.92 Å². The molecule has 1 aromatic carbocycles. The average molecular weight is 232 g/mol. The van der Waals surface area contributed by atoms with Crippen molar-refractivity contribution >= 4 is 11.8 Å². The number of rotatable bonds is 4. The van der Waals surface area contributed by atoms with Gasteiger partial charge >= 0.3 is 0 Å². The largest absolute Gasteiger partial charge is 0.129 e. The maximum absolute atomic E-state index is 2.25. The van der Waals surface area contributed by atoms with Crippen LogP contribution in [0.25, 0.3) is 0 Å². The van der Waals surface area contributed by atoms with E-state index in [1.54, 1.807) is 0 Å². The molecule has 0 aromatic heterocycles. The van der Waals surface area contributed by atoms with Crippen LogP contribution in [-0.2, 0) is 0 Å². The van der Waals surface area contributed by atoms with E-state index in [1.807, 2.05) is 18.7 Å². The molecule has 1 aromatic rings. The zero-order valence-corrected chi connectivity index (χ0v) is 11.3. The molecule has 16 heavy (non-hydrogen) atoms. The van der Waals surface area contributed by atoms with Gasteiger partial charge in [0.25, 0.3) is 0 Å². The number of hydrogen-bond acceptors (Lipinski definition) is 1. The quantitative estimate of drug-likeness (QED) is 0.522. The molecule has 0 aliphatic heterocycles. The monoisotopic (exact) mass is 232 g/mol. The van der Waals surface area contributed by atoms with E-state index < -0.39 is 0 Å². The van der Waals surface area contributed by atoms with Gasteiger partial charge in [0.05, 0.1) is 0 Å². The molecule has 0 fully saturated rings. The highest BCUT2D eigenvalue weighted by atomic mass is 32.2. The van der Waals surface area contributed by atoms with Gasteiger partial charge in [0.15, 0.2) is 0 Å². The first-order valence-electron chi connectivity index (χ1n) is 5.63. The standard InChI is InChI=1S/C15H20S/c1-5-6-7-9-12(2)15-13(3)10-8-11-14(15)16-4/h5-12H,1-4H3/b6-5-,9-7-. The van der Waals surface area contributed by atoms with Gasteiger partial charge in [-0.05, 0) is 37.3 Å². The minimum absolute atomic E-state index is 0.472. The van der Waals surface area contributed by atoms with Crippen LogP contribution in [0.15, 0.2) is 47.4 Å². The van der Waals surface area contributed by atoms with Gasteiger partial charge in [-0.1, -0.05) is 43.4 Å². The van der Waals surface area contributed by atoms with Gasteiger partial charge in [-0.25, -0.2) is 0 Å². The van der Waals surface area contributed by atoms with E-state index in [-0.39, 0.29) is 0 Å². The van der Waals surface area contributed by atoms with E-state index in [0.29, 0.717) is 5.92 Å². The molecule has 0 radical (unpaired) electrons. The van der Waals surface area contributed by atoms with Crippen molar-refractivity contribution in [2.75, 3.05) is 6.26 Å². The summed E-state index contributed by atoms with van der Waals surface area (Å²) in [6.07, 6.45) is 10.6. The fourth-order valence-corrected chi connectivity index (χ4v) is 2.63. The zero-order chi connectivity index (χ0) is 12.0. The summed E-state index contributed by atoms with van der Waals surface area (Å²) in [6, 6.07) is 6.52. The molecule has 0 aliphatic carbocycles. The number of aryl methyl sites for hydroxylation is 1. The molecule has 1 rings (SSSR count). The van der Waals surface area contributed by atoms with Crippen LogP contribution in [0.5, 0.6) is 0 Å². The normalized spacial score (nSPS) is 13.8. The molecule has 0 saturated carbocycles. The molecule has 0 amide bonds. The van der Waals surface area contributed by atoms with Crippen molar-refractivity contribution in [3.63, 3.8) is 0 Å². The van der Waals surface area contributed by atoms with E-state index in [9.17, 15) is 0 Å². The van der Waals surface area contributed by atoms with Gasteiger partial charge in [-0.2, -0.15) is 0 Å². The highest BCUT2D eigenvalue weighted by Crippen LogP contribution is 2.30. The summed E-state index contributed by atoms with van der Waals surface area (Å²) in [6.45, 7) is 6.48. The molecule has 1 heteroatoms. The van der Waals surface area contributed by atoms with Crippen molar-refractivity contribution in [3.05, 3.63) is 53.6 Å². The highest BCUT2D eigenvalue weighted by molar-refractivity contribution is 7.98. The van der Waals surface area contributed by atoms with E-state index in [2.05, 4.69) is 62.6 Å². The van der Waals surface area contributed by atoms with E-state index in [4.69, 9.17) is 0 Å². The molecule has 0 bridgehead atoms. The molecule has 0 saturated heterocycles. The number of benzene rings is 1. The third-order valence-corrected chi connectivity index (χ3v) is 3.46. The van der Waals surface area contributed by atoms with Gasteiger partial charge in [0, 0.05) is 10.8 Å². The Morgan fingerprint density at radius 1 is 1.25 bits per heavy atom. The predicted octanol–water partition coefficient (Wildman–Crippen LogP) is 4.95. The van der Waals surface area contributed by atoms with Gasteiger partial charge < -0.3 is 0 Å². The molecule has 0 N–H and O–H groups in total. The summed E-state index contributed by atoms with van der Waals surface area (Å²) in [4.78, 5) is 1.39. The summed E-state index contributed by atoms with van der Waals surface area (Å²) in [5, 5.41) is 0. The molecule has 1 unspecified atom stereocenters. The maximum Gasteiger partial charge on any atom is 0.0110 e. The lowest BCUT2D eigenvalue weighted by Gasteiger charge is -2.14. The third-order valence-electron chi connectivity index (χ3n) is 2.66. The molecule has 1 atom stereocenters. The average Bonchev–Trinajstić information content (AvgIpc) is 2.28. The number of thioether (sulfide) groups is 1. The van der Waals surface area contributed by atoms with Crippen molar-refractivity contribution in [1.29, 1.82) is 0 Å². The second-order valence-corrected chi connectivity index (χ2v) is 4.74. The Bertz CT molecular complexity index is 388. The molecular weight excluding hydrogens is 212 g/mol. The third kappa shape index (κ3) is 3.28. The van der Waals surface area contributed by atoms with E-state index >= 15 is 0 Å². The zero-order valence-electron chi connectivity index (χ0n) is 10.5. The fraction of sp³-hybridized carbons (Fsp3) is 0.333. The van der Waals surface area contributed by atoms with Crippen LogP contribution in [0.3, 0.4) is 0 Å². The second kappa shape index (κ2) is 6.59. The topological polar surface area (TPSA) is 0 Å². The van der Waals surface area contributed by atoms with E-state index in [1.165, 1.54) is 16.0 Å². The first-order chi connectivity index (χ1) is 7.70. The Morgan fingerprint density at radius 2 is 2.00 bits per heavy atom. The van der Waals surface area contributed by atoms with Gasteiger partial charge in [-0.15, -0.1) is 11.8 Å². The summed E-state index contributed by atoms with van der Waals surface area (Å²) in [5.74, 6) is 0.472. The predicted molar refractivity (Wildman–Crippen MR) is 75.3 cm³/mol. The maximum atomic E-state index is 2.25. The Hall–Kier alpha value is -0.950. The van der Waals surface area contributed by atoms with Crippen LogP contribution in [-0.4, -0.2) is 6.26 Å². The summed E-state index contributed by atoms with van der Waals surface area (Å²) < 4.78 is 0. The van der Waals surface area contributed by atoms with Gasteiger partial charge in [-0.3, -0.25) is 0 Å². The minimum Gasteiger partial charge on any atom is -0.129 e. The van der Waals surface area contributed by atoms with E-state index in [0.717, 1.165) is 0 Å². The first kappa shape index (κ1) is 13.1. The summed E-state index contributed by atoms with van der Waals surface area (Å²) in [7, 11) is 0. The molecule has 0 aliphatic rings. The first-order valence-corrected chi connectivity index (χ1v) is 6.86. The lowest BCUT2D eigenvalue weighted by molar-refractivity contribution is 0.918. The molecule has 86 valence electrons. The van der Waals surface area contributed by atoms with Gasteiger partial charge in [0.2, 0.25) is 0 Å². The van der Waals surface area contributed by atoms with Crippen LogP contribution in [0.1, 0.15) is 30.9 Å². The Morgan fingerprint density at radius 3 is 2.62 bits per heavy atom. The van der Waals surface area contributed by atoms with Crippen molar-refractivity contribution in [2.45, 2.75) is 31.6 Å². The molecule has 0 spiro atoms. The van der Waals surface area contributed by atoms with Crippen molar-refractivity contribution < 1.29 is 0 Å². The van der Waals surface area contributed by atoms with Crippen LogP contribution < -0.4 is 0 Å². The Kier molecular flexibility index (Phi) is 5.41. The lowest BCUT2D eigenvalue weighted by Crippen LogP contribution is -1.95. The Balaban J connectivity index is 3.01.